The molecule has 7 nitrogen and oxygen atoms in total. The first kappa shape index (κ1) is 18.1. The number of aromatic nitrogens is 2. The highest BCUT2D eigenvalue weighted by molar-refractivity contribution is 6.31. The minimum absolute atomic E-state index is 0.00469. The van der Waals surface area contributed by atoms with Gasteiger partial charge < -0.3 is 15.1 Å². The quantitative estimate of drug-likeness (QED) is 0.458. The van der Waals surface area contributed by atoms with Crippen LogP contribution in [0.3, 0.4) is 0 Å². The van der Waals surface area contributed by atoms with Crippen molar-refractivity contribution in [1.29, 1.82) is 10.8 Å². The Morgan fingerprint density at radius 3 is 2.69 bits per heavy atom. The fourth-order valence-electron chi connectivity index (χ4n) is 4.28. The number of halogens is 1. The van der Waals surface area contributed by atoms with Gasteiger partial charge in [-0.05, 0) is 36.4 Å². The van der Waals surface area contributed by atoms with Crippen molar-refractivity contribution in [2.24, 2.45) is 5.41 Å². The van der Waals surface area contributed by atoms with E-state index < -0.39 is 0 Å². The zero-order valence-corrected chi connectivity index (χ0v) is 16.9. The van der Waals surface area contributed by atoms with Crippen LogP contribution >= 0.6 is 11.6 Å². The summed E-state index contributed by atoms with van der Waals surface area (Å²) in [5, 5.41) is 20.7. The zero-order valence-electron chi connectivity index (χ0n) is 16.1. The van der Waals surface area contributed by atoms with Gasteiger partial charge in [0.15, 0.2) is 0 Å². The van der Waals surface area contributed by atoms with Gasteiger partial charge >= 0.3 is 0 Å². The molecular weight excluding hydrogens is 386 g/mol. The summed E-state index contributed by atoms with van der Waals surface area (Å²) < 4.78 is 1.42. The molecule has 0 saturated carbocycles. The van der Waals surface area contributed by atoms with E-state index in [1.165, 1.54) is 10.3 Å². The molecule has 0 atom stereocenters. The van der Waals surface area contributed by atoms with Gasteiger partial charge in [0.1, 0.15) is 5.82 Å². The maximum atomic E-state index is 8.26. The molecule has 0 bridgehead atoms. The summed E-state index contributed by atoms with van der Waals surface area (Å²) in [6.07, 6.45) is 1.09. The van der Waals surface area contributed by atoms with E-state index in [0.29, 0.717) is 21.8 Å². The Hall–Kier alpha value is -2.90. The van der Waals surface area contributed by atoms with Gasteiger partial charge in [0.25, 0.3) is 0 Å². The second kappa shape index (κ2) is 6.57. The van der Waals surface area contributed by atoms with Crippen molar-refractivity contribution in [2.45, 2.75) is 0 Å². The van der Waals surface area contributed by atoms with Crippen LogP contribution in [0.5, 0.6) is 0 Å². The number of rotatable bonds is 4. The fourth-order valence-corrected chi connectivity index (χ4v) is 4.44. The van der Waals surface area contributed by atoms with Crippen molar-refractivity contribution in [3.05, 3.63) is 53.1 Å². The fraction of sp³-hybridized carbons (Fsp3) is 0.286. The number of nitrogens with zero attached hydrogens (tertiary/aromatic N) is 4. The number of anilines is 3. The molecule has 0 unspecified atom stereocenters. The lowest BCUT2D eigenvalue weighted by molar-refractivity contribution is 0.121. The first-order valence-corrected chi connectivity index (χ1v) is 9.94. The molecule has 2 aliphatic heterocycles. The highest BCUT2D eigenvalue weighted by atomic mass is 35.5. The highest BCUT2D eigenvalue weighted by Gasteiger charge is 2.47. The molecule has 1 spiro atoms. The van der Waals surface area contributed by atoms with Crippen LogP contribution in [0.2, 0.25) is 5.02 Å². The molecule has 2 fully saturated rings. The van der Waals surface area contributed by atoms with E-state index in [1.807, 2.05) is 24.1 Å². The number of fused-ring (bicyclic) bond motifs is 1. The molecule has 1 aromatic heterocycles. The van der Waals surface area contributed by atoms with Crippen LogP contribution in [0.25, 0.3) is 10.9 Å². The molecule has 148 valence electrons. The molecule has 2 saturated heterocycles. The monoisotopic (exact) mass is 407 g/mol. The van der Waals surface area contributed by atoms with Crippen molar-refractivity contribution in [3.63, 3.8) is 0 Å². The Balaban J connectivity index is 1.53. The third-order valence-corrected chi connectivity index (χ3v) is 6.22. The lowest BCUT2D eigenvalue weighted by Gasteiger charge is -2.57. The van der Waals surface area contributed by atoms with Crippen LogP contribution in [0.4, 0.5) is 17.2 Å². The van der Waals surface area contributed by atoms with Gasteiger partial charge in [-0.1, -0.05) is 17.7 Å². The summed E-state index contributed by atoms with van der Waals surface area (Å²) in [4.78, 5) is 8.87. The maximum absolute atomic E-state index is 8.26. The molecule has 3 aromatic rings. The van der Waals surface area contributed by atoms with Crippen LogP contribution in [0.1, 0.15) is 0 Å². The summed E-state index contributed by atoms with van der Waals surface area (Å²) in [5.41, 5.74) is 3.36. The Morgan fingerprint density at radius 1 is 1.21 bits per heavy atom. The normalized spacial score (nSPS) is 17.1. The summed E-state index contributed by atoms with van der Waals surface area (Å²) in [5.74, 6) is 0.667. The number of nitrogens with one attached hydrogen (secondary N) is 3. The molecule has 0 aliphatic carbocycles. The SMILES string of the molecule is CN(c1cccc(N2CC3(CNC3)C2)c1)c1nc(=N)n(C=N)c2cc(Cl)ccc12. The number of hydrogen-bond donors (Lipinski definition) is 3. The topological polar surface area (TPSA) is 84.0 Å². The van der Waals surface area contributed by atoms with Gasteiger partial charge in [0.2, 0.25) is 5.62 Å². The third kappa shape index (κ3) is 2.89. The van der Waals surface area contributed by atoms with Crippen LogP contribution in [-0.2, 0) is 0 Å². The molecule has 5 rings (SSSR count). The maximum Gasteiger partial charge on any atom is 0.229 e. The first-order chi connectivity index (χ1) is 14.0. The van der Waals surface area contributed by atoms with E-state index >= 15 is 0 Å². The summed E-state index contributed by atoms with van der Waals surface area (Å²) in [6, 6.07) is 13.9. The van der Waals surface area contributed by atoms with Crippen LogP contribution < -0.4 is 20.7 Å². The van der Waals surface area contributed by atoms with Gasteiger partial charge in [0.05, 0.1) is 11.9 Å². The van der Waals surface area contributed by atoms with Gasteiger partial charge in [-0.15, -0.1) is 0 Å². The molecule has 3 heterocycles. The molecule has 29 heavy (non-hydrogen) atoms. The standard InChI is InChI=1S/C21H22ClN7/c1-27(15-3-2-4-16(8-15)28-11-21(12-28)9-25-10-21)19-17-6-5-14(22)7-18(17)29(13-23)20(24)26-19/h2-8,13,23-25H,9-12H2,1H3. The zero-order chi connectivity index (χ0) is 20.2. The van der Waals surface area contributed by atoms with E-state index in [2.05, 4.69) is 39.5 Å². The predicted octanol–water partition coefficient (Wildman–Crippen LogP) is 2.80. The molecule has 3 N–H and O–H groups in total. The number of benzene rings is 2. The second-order valence-electron chi connectivity index (χ2n) is 7.96. The van der Waals surface area contributed by atoms with Gasteiger partial charge in [0, 0.05) is 60.4 Å². The van der Waals surface area contributed by atoms with Crippen molar-refractivity contribution in [1.82, 2.24) is 14.9 Å². The van der Waals surface area contributed by atoms with Crippen LogP contribution in [-0.4, -0.2) is 49.1 Å². The van der Waals surface area contributed by atoms with Crippen molar-refractivity contribution >= 4 is 46.0 Å². The van der Waals surface area contributed by atoms with Crippen molar-refractivity contribution in [3.8, 4) is 0 Å². The van der Waals surface area contributed by atoms with Crippen LogP contribution in [0.15, 0.2) is 42.5 Å². The van der Waals surface area contributed by atoms with E-state index in [-0.39, 0.29) is 5.62 Å². The summed E-state index contributed by atoms with van der Waals surface area (Å²) in [6.45, 7) is 4.42. The van der Waals surface area contributed by atoms with Crippen molar-refractivity contribution < 1.29 is 0 Å². The average molecular weight is 408 g/mol. The molecular formula is C21H22ClN7. The Morgan fingerprint density at radius 2 is 2.00 bits per heavy atom. The molecule has 0 radical (unpaired) electrons. The lowest BCUT2D eigenvalue weighted by atomic mass is 9.74. The van der Waals surface area contributed by atoms with E-state index in [4.69, 9.17) is 22.4 Å². The molecule has 2 aliphatic rings. The average Bonchev–Trinajstić information content (AvgIpc) is 2.65. The molecule has 8 heteroatoms. The van der Waals surface area contributed by atoms with Gasteiger partial charge in [-0.25, -0.2) is 0 Å². The summed E-state index contributed by atoms with van der Waals surface area (Å²) >= 11 is 6.17. The summed E-state index contributed by atoms with van der Waals surface area (Å²) in [7, 11) is 1.96. The van der Waals surface area contributed by atoms with Crippen LogP contribution in [0, 0.1) is 16.2 Å². The van der Waals surface area contributed by atoms with E-state index in [9.17, 15) is 0 Å². The second-order valence-corrected chi connectivity index (χ2v) is 8.39. The lowest BCUT2D eigenvalue weighted by Crippen LogP contribution is -2.71. The third-order valence-electron chi connectivity index (χ3n) is 5.98. The van der Waals surface area contributed by atoms with Crippen molar-refractivity contribution in [2.75, 3.05) is 43.0 Å². The Kier molecular flexibility index (Phi) is 4.11. The number of hydrogen-bond acceptors (Lipinski definition) is 6. The largest absolute Gasteiger partial charge is 0.370 e. The van der Waals surface area contributed by atoms with Gasteiger partial charge in [-0.3, -0.25) is 15.4 Å². The molecule has 2 aromatic carbocycles. The smallest absolute Gasteiger partial charge is 0.229 e. The van der Waals surface area contributed by atoms with E-state index in [1.54, 1.807) is 6.07 Å². The minimum atomic E-state index is -0.00469. The van der Waals surface area contributed by atoms with Gasteiger partial charge in [-0.2, -0.15) is 4.98 Å². The first-order valence-electron chi connectivity index (χ1n) is 9.56. The predicted molar refractivity (Wildman–Crippen MR) is 117 cm³/mol. The Bertz CT molecular complexity index is 1170. The highest BCUT2D eigenvalue weighted by Crippen LogP contribution is 2.39. The minimum Gasteiger partial charge on any atom is -0.370 e. The molecule has 0 amide bonds. The van der Waals surface area contributed by atoms with E-state index in [0.717, 1.165) is 43.6 Å². The Labute approximate surface area is 173 Å².